The van der Waals surface area contributed by atoms with Crippen molar-refractivity contribution in [2.75, 3.05) is 13.1 Å². The van der Waals surface area contributed by atoms with Gasteiger partial charge in [0, 0.05) is 21.6 Å². The number of nitrogens with one attached hydrogen (secondary N) is 1. The average molecular weight is 447 g/mol. The molecule has 0 fully saturated rings. The number of nitrogens with two attached hydrogens (primary N) is 1. The van der Waals surface area contributed by atoms with E-state index in [0.717, 1.165) is 19.5 Å². The highest BCUT2D eigenvalue weighted by Gasteiger charge is 2.03. The first kappa shape index (κ1) is 19.3. The van der Waals surface area contributed by atoms with E-state index in [1.165, 1.54) is 9.77 Å². The van der Waals surface area contributed by atoms with Gasteiger partial charge in [0.15, 0.2) is 5.96 Å². The van der Waals surface area contributed by atoms with Gasteiger partial charge in [-0.05, 0) is 30.0 Å². The molecule has 1 heterocycles. The number of halogens is 1. The molecule has 1 aromatic carbocycles. The summed E-state index contributed by atoms with van der Waals surface area (Å²) < 4.78 is 0. The Bertz CT molecular complexity index is 544. The minimum absolute atomic E-state index is 0. The molecule has 0 aliphatic rings. The summed E-state index contributed by atoms with van der Waals surface area (Å²) in [5, 5.41) is 5.67. The van der Waals surface area contributed by atoms with Crippen LogP contribution < -0.4 is 11.1 Å². The van der Waals surface area contributed by atoms with Gasteiger partial charge in [-0.3, -0.25) is 4.99 Å². The Morgan fingerprint density at radius 2 is 2.05 bits per heavy atom. The van der Waals surface area contributed by atoms with E-state index in [1.54, 1.807) is 11.3 Å². The van der Waals surface area contributed by atoms with Crippen molar-refractivity contribution in [2.24, 2.45) is 10.7 Å². The molecule has 0 aliphatic heterocycles. The first-order valence-electron chi connectivity index (χ1n) is 7.02. The van der Waals surface area contributed by atoms with E-state index < -0.39 is 0 Å². The van der Waals surface area contributed by atoms with Crippen molar-refractivity contribution in [3.05, 3.63) is 52.7 Å². The predicted molar refractivity (Wildman–Crippen MR) is 110 cm³/mol. The summed E-state index contributed by atoms with van der Waals surface area (Å²) in [5.41, 5.74) is 5.89. The lowest BCUT2D eigenvalue weighted by Crippen LogP contribution is -2.33. The van der Waals surface area contributed by atoms with Crippen molar-refractivity contribution >= 4 is 53.0 Å². The van der Waals surface area contributed by atoms with Crippen LogP contribution in [0.2, 0.25) is 0 Å². The van der Waals surface area contributed by atoms with E-state index >= 15 is 0 Å². The average Bonchev–Trinajstić information content (AvgIpc) is 2.99. The molecular formula is C16H22IN3S2. The zero-order valence-electron chi connectivity index (χ0n) is 12.6. The van der Waals surface area contributed by atoms with E-state index in [0.29, 0.717) is 11.2 Å². The van der Waals surface area contributed by atoms with Crippen molar-refractivity contribution in [2.45, 2.75) is 23.5 Å². The number of hydrogen-bond acceptors (Lipinski definition) is 3. The van der Waals surface area contributed by atoms with Crippen LogP contribution in [0.4, 0.5) is 0 Å². The molecule has 120 valence electrons. The molecule has 1 aromatic heterocycles. The van der Waals surface area contributed by atoms with Crippen LogP contribution >= 0.6 is 47.1 Å². The second-order valence-corrected chi connectivity index (χ2v) is 7.27. The molecule has 0 aliphatic carbocycles. The van der Waals surface area contributed by atoms with Crippen LogP contribution in [0, 0.1) is 0 Å². The predicted octanol–water partition coefficient (Wildman–Crippen LogP) is 3.99. The van der Waals surface area contributed by atoms with Gasteiger partial charge in [-0.2, -0.15) is 0 Å². The van der Waals surface area contributed by atoms with Crippen molar-refractivity contribution in [1.82, 2.24) is 5.32 Å². The van der Waals surface area contributed by atoms with Gasteiger partial charge in [-0.25, -0.2) is 0 Å². The molecule has 1 unspecified atom stereocenters. The van der Waals surface area contributed by atoms with Crippen molar-refractivity contribution < 1.29 is 0 Å². The standard InChI is InChI=1S/C16H21N3S2.HI/c1-13(21-15-6-3-2-4-7-15)12-19-16(17)18-10-9-14-8-5-11-20-14;/h2-8,11,13H,9-10,12H2,1H3,(H3,17,18,19);1H. The summed E-state index contributed by atoms with van der Waals surface area (Å²) in [6.07, 6.45) is 0.988. The summed E-state index contributed by atoms with van der Waals surface area (Å²) in [6.45, 7) is 3.72. The Hall–Kier alpha value is -0.730. The van der Waals surface area contributed by atoms with Gasteiger partial charge in [0.1, 0.15) is 0 Å². The van der Waals surface area contributed by atoms with Crippen LogP contribution in [0.1, 0.15) is 11.8 Å². The lowest BCUT2D eigenvalue weighted by Gasteiger charge is -2.09. The molecule has 6 heteroatoms. The van der Waals surface area contributed by atoms with E-state index in [1.807, 2.05) is 17.8 Å². The zero-order valence-corrected chi connectivity index (χ0v) is 16.5. The molecule has 0 saturated heterocycles. The van der Waals surface area contributed by atoms with Crippen molar-refractivity contribution in [3.63, 3.8) is 0 Å². The second-order valence-electron chi connectivity index (χ2n) is 4.72. The Morgan fingerprint density at radius 1 is 1.27 bits per heavy atom. The first-order chi connectivity index (χ1) is 10.2. The molecule has 0 spiro atoms. The van der Waals surface area contributed by atoms with Gasteiger partial charge in [0.05, 0.1) is 6.54 Å². The highest BCUT2D eigenvalue weighted by molar-refractivity contribution is 14.0. The molecule has 22 heavy (non-hydrogen) atoms. The fourth-order valence-corrected chi connectivity index (χ4v) is 3.46. The summed E-state index contributed by atoms with van der Waals surface area (Å²) in [6, 6.07) is 14.6. The van der Waals surface area contributed by atoms with Crippen LogP contribution in [0.5, 0.6) is 0 Å². The number of benzene rings is 1. The number of thiophene rings is 1. The second kappa shape index (κ2) is 10.9. The van der Waals surface area contributed by atoms with Gasteiger partial charge in [-0.15, -0.1) is 47.1 Å². The van der Waals surface area contributed by atoms with Crippen molar-refractivity contribution in [3.8, 4) is 0 Å². The Morgan fingerprint density at radius 3 is 2.73 bits per heavy atom. The molecule has 3 nitrogen and oxygen atoms in total. The number of aliphatic imine (C=N–C) groups is 1. The van der Waals surface area contributed by atoms with E-state index in [9.17, 15) is 0 Å². The maximum absolute atomic E-state index is 5.89. The van der Waals surface area contributed by atoms with Crippen molar-refractivity contribution in [1.29, 1.82) is 0 Å². The fraction of sp³-hybridized carbons (Fsp3) is 0.312. The number of rotatable bonds is 7. The van der Waals surface area contributed by atoms with Crippen LogP contribution in [0.25, 0.3) is 0 Å². The van der Waals surface area contributed by atoms with Crippen LogP contribution in [0.3, 0.4) is 0 Å². The van der Waals surface area contributed by atoms with E-state index in [2.05, 4.69) is 59.0 Å². The molecule has 0 bridgehead atoms. The summed E-state index contributed by atoms with van der Waals surface area (Å²) in [4.78, 5) is 7.04. The summed E-state index contributed by atoms with van der Waals surface area (Å²) >= 11 is 3.59. The minimum Gasteiger partial charge on any atom is -0.370 e. The summed E-state index contributed by atoms with van der Waals surface area (Å²) in [7, 11) is 0. The Kier molecular flexibility index (Phi) is 9.58. The monoisotopic (exact) mass is 447 g/mol. The normalized spacial score (nSPS) is 12.5. The molecule has 1 atom stereocenters. The van der Waals surface area contributed by atoms with Crippen LogP contribution in [0.15, 0.2) is 57.7 Å². The minimum atomic E-state index is 0. The van der Waals surface area contributed by atoms with Gasteiger partial charge >= 0.3 is 0 Å². The van der Waals surface area contributed by atoms with E-state index in [-0.39, 0.29) is 24.0 Å². The Balaban J connectivity index is 0.00000242. The molecular weight excluding hydrogens is 425 g/mol. The SMILES string of the molecule is CC(CN=C(N)NCCc1cccs1)Sc1ccccc1.I. The van der Waals surface area contributed by atoms with E-state index in [4.69, 9.17) is 5.73 Å². The van der Waals surface area contributed by atoms with Crippen LogP contribution in [-0.2, 0) is 6.42 Å². The molecule has 0 saturated carbocycles. The topological polar surface area (TPSA) is 50.4 Å². The number of guanidine groups is 1. The number of hydrogen-bond donors (Lipinski definition) is 2. The smallest absolute Gasteiger partial charge is 0.188 e. The third kappa shape index (κ3) is 7.51. The maximum atomic E-state index is 5.89. The molecule has 3 N–H and O–H groups in total. The lowest BCUT2D eigenvalue weighted by atomic mass is 10.3. The highest BCUT2D eigenvalue weighted by atomic mass is 127. The zero-order chi connectivity index (χ0) is 14.9. The largest absolute Gasteiger partial charge is 0.370 e. The third-order valence-electron chi connectivity index (χ3n) is 2.86. The quantitative estimate of drug-likeness (QED) is 0.292. The maximum Gasteiger partial charge on any atom is 0.188 e. The van der Waals surface area contributed by atoms with Gasteiger partial charge in [0.25, 0.3) is 0 Å². The lowest BCUT2D eigenvalue weighted by molar-refractivity contribution is 0.850. The Labute approximate surface area is 157 Å². The first-order valence-corrected chi connectivity index (χ1v) is 8.78. The number of thioether (sulfide) groups is 1. The fourth-order valence-electron chi connectivity index (χ4n) is 1.82. The number of nitrogens with zero attached hydrogens (tertiary/aromatic N) is 1. The summed E-state index contributed by atoms with van der Waals surface area (Å²) in [5.74, 6) is 0.534. The molecule has 0 radical (unpaired) electrons. The molecule has 2 rings (SSSR count). The molecule has 2 aromatic rings. The van der Waals surface area contributed by atoms with Gasteiger partial charge in [0.2, 0.25) is 0 Å². The van der Waals surface area contributed by atoms with Crippen LogP contribution in [-0.4, -0.2) is 24.3 Å². The molecule has 0 amide bonds. The third-order valence-corrected chi connectivity index (χ3v) is 4.89. The highest BCUT2D eigenvalue weighted by Crippen LogP contribution is 2.22. The van der Waals surface area contributed by atoms with Gasteiger partial charge < -0.3 is 11.1 Å². The van der Waals surface area contributed by atoms with Gasteiger partial charge in [-0.1, -0.05) is 31.2 Å².